The number of rotatable bonds is 8. The summed E-state index contributed by atoms with van der Waals surface area (Å²) in [6.45, 7) is 7.70. The first-order valence-corrected chi connectivity index (χ1v) is 12.2. The first kappa shape index (κ1) is 23.5. The van der Waals surface area contributed by atoms with Crippen molar-refractivity contribution in [1.82, 2.24) is 5.32 Å². The van der Waals surface area contributed by atoms with Gasteiger partial charge in [-0.1, -0.05) is 55.5 Å². The summed E-state index contributed by atoms with van der Waals surface area (Å²) >= 11 is 0. The third kappa shape index (κ3) is 5.37. The Balaban J connectivity index is 1.87. The van der Waals surface area contributed by atoms with Crippen LogP contribution in [-0.2, 0) is 21.2 Å². The van der Waals surface area contributed by atoms with E-state index in [0.717, 1.165) is 23.1 Å². The lowest BCUT2D eigenvalue weighted by Crippen LogP contribution is -2.41. The van der Waals surface area contributed by atoms with Crippen LogP contribution in [0.4, 0.5) is 5.69 Å². The van der Waals surface area contributed by atoms with E-state index in [4.69, 9.17) is 0 Å². The molecule has 1 amide bonds. The van der Waals surface area contributed by atoms with Gasteiger partial charge in [-0.2, -0.15) is 0 Å². The van der Waals surface area contributed by atoms with Gasteiger partial charge in [0.05, 0.1) is 16.6 Å². The van der Waals surface area contributed by atoms with Crippen molar-refractivity contribution < 1.29 is 13.2 Å². The zero-order chi connectivity index (χ0) is 23.3. The van der Waals surface area contributed by atoms with Gasteiger partial charge >= 0.3 is 0 Å². The molecule has 0 spiro atoms. The number of hydrogen-bond donors (Lipinski definition) is 1. The van der Waals surface area contributed by atoms with Crippen LogP contribution in [0.5, 0.6) is 0 Å². The molecule has 1 atom stereocenters. The number of benzene rings is 3. The number of hydrogen-bond acceptors (Lipinski definition) is 3. The van der Waals surface area contributed by atoms with Crippen LogP contribution in [0.15, 0.2) is 77.7 Å². The van der Waals surface area contributed by atoms with Crippen molar-refractivity contribution in [2.75, 3.05) is 10.8 Å². The van der Waals surface area contributed by atoms with Gasteiger partial charge < -0.3 is 5.32 Å². The van der Waals surface area contributed by atoms with Gasteiger partial charge in [0.15, 0.2) is 0 Å². The summed E-state index contributed by atoms with van der Waals surface area (Å²) in [4.78, 5) is 13.1. The van der Waals surface area contributed by atoms with Gasteiger partial charge in [-0.3, -0.25) is 9.10 Å². The van der Waals surface area contributed by atoms with Crippen molar-refractivity contribution in [3.63, 3.8) is 0 Å². The molecule has 0 saturated carbocycles. The summed E-state index contributed by atoms with van der Waals surface area (Å²) in [5.74, 6) is -0.366. The van der Waals surface area contributed by atoms with Crippen LogP contribution in [0.2, 0.25) is 0 Å². The number of aryl methyl sites for hydroxylation is 3. The van der Waals surface area contributed by atoms with Gasteiger partial charge in [0.25, 0.3) is 10.0 Å². The van der Waals surface area contributed by atoms with Crippen LogP contribution in [0, 0.1) is 13.8 Å². The molecule has 0 fully saturated rings. The largest absolute Gasteiger partial charge is 0.348 e. The Morgan fingerprint density at radius 2 is 1.59 bits per heavy atom. The number of sulfonamides is 1. The van der Waals surface area contributed by atoms with Gasteiger partial charge in [0.1, 0.15) is 6.54 Å². The van der Waals surface area contributed by atoms with E-state index in [9.17, 15) is 13.2 Å². The van der Waals surface area contributed by atoms with Crippen LogP contribution < -0.4 is 9.62 Å². The minimum atomic E-state index is -3.91. The predicted octanol–water partition coefficient (Wildman–Crippen LogP) is 4.94. The summed E-state index contributed by atoms with van der Waals surface area (Å²) in [5.41, 5.74) is 4.86. The number of amides is 1. The van der Waals surface area contributed by atoms with E-state index in [-0.39, 0.29) is 23.4 Å². The second-order valence-corrected chi connectivity index (χ2v) is 9.84. The summed E-state index contributed by atoms with van der Waals surface area (Å²) in [6, 6.07) is 21.3. The second-order valence-electron chi connectivity index (χ2n) is 7.98. The normalized spacial score (nSPS) is 12.2. The number of anilines is 1. The van der Waals surface area contributed by atoms with Crippen molar-refractivity contribution in [3.8, 4) is 0 Å². The molecule has 0 radical (unpaired) electrons. The fourth-order valence-corrected chi connectivity index (χ4v) is 4.91. The quantitative estimate of drug-likeness (QED) is 0.529. The number of carbonyl (C=O) groups excluding carboxylic acids is 1. The van der Waals surface area contributed by atoms with E-state index in [1.165, 1.54) is 9.87 Å². The van der Waals surface area contributed by atoms with Crippen molar-refractivity contribution in [3.05, 3.63) is 95.1 Å². The minimum absolute atomic E-state index is 0.148. The molecule has 0 saturated heterocycles. The molecular formula is C26H30N2O3S. The highest BCUT2D eigenvalue weighted by molar-refractivity contribution is 7.92. The third-order valence-corrected chi connectivity index (χ3v) is 7.45. The van der Waals surface area contributed by atoms with Crippen LogP contribution >= 0.6 is 0 Å². The second kappa shape index (κ2) is 10.0. The topological polar surface area (TPSA) is 66.5 Å². The molecule has 168 valence electrons. The van der Waals surface area contributed by atoms with Gasteiger partial charge in [-0.25, -0.2) is 8.42 Å². The van der Waals surface area contributed by atoms with Crippen molar-refractivity contribution in [2.45, 2.75) is 45.1 Å². The van der Waals surface area contributed by atoms with Crippen LogP contribution in [0.1, 0.15) is 42.1 Å². The maximum atomic E-state index is 13.4. The van der Waals surface area contributed by atoms with E-state index >= 15 is 0 Å². The predicted molar refractivity (Wildman–Crippen MR) is 129 cm³/mol. The molecule has 3 aromatic carbocycles. The first-order chi connectivity index (χ1) is 15.2. The standard InChI is InChI=1S/C26H30N2O3S/c1-5-22-12-15-24(16-13-22)28(32(30,31)25-9-7-6-8-10-25)18-26(29)27-21(4)23-14-11-19(2)20(3)17-23/h6-17,21H,5,18H2,1-4H3,(H,27,29). The van der Waals surface area contributed by atoms with Crippen LogP contribution in [0.3, 0.4) is 0 Å². The molecule has 0 aromatic heterocycles. The number of nitrogens with one attached hydrogen (secondary N) is 1. The molecule has 0 aliphatic carbocycles. The average Bonchev–Trinajstić information content (AvgIpc) is 2.79. The molecule has 3 rings (SSSR count). The first-order valence-electron chi connectivity index (χ1n) is 10.8. The zero-order valence-electron chi connectivity index (χ0n) is 19.0. The van der Waals surface area contributed by atoms with Gasteiger partial charge in [-0.05, 0) is 73.7 Å². The fourth-order valence-electron chi connectivity index (χ4n) is 3.47. The molecule has 3 aromatic rings. The van der Waals surface area contributed by atoms with Gasteiger partial charge in [0.2, 0.25) is 5.91 Å². The average molecular weight is 451 g/mol. The fraction of sp³-hybridized carbons (Fsp3) is 0.269. The molecule has 0 aliphatic heterocycles. The smallest absolute Gasteiger partial charge is 0.264 e. The molecule has 32 heavy (non-hydrogen) atoms. The minimum Gasteiger partial charge on any atom is -0.348 e. The lowest BCUT2D eigenvalue weighted by atomic mass is 10.0. The zero-order valence-corrected chi connectivity index (χ0v) is 19.8. The maximum Gasteiger partial charge on any atom is 0.264 e. The lowest BCUT2D eigenvalue weighted by Gasteiger charge is -2.25. The summed E-state index contributed by atoms with van der Waals surface area (Å²) < 4.78 is 28.0. The molecule has 1 unspecified atom stereocenters. The Kier molecular flexibility index (Phi) is 7.36. The Bertz CT molecular complexity index is 1170. The van der Waals surface area contributed by atoms with Crippen molar-refractivity contribution in [2.24, 2.45) is 0 Å². The molecule has 0 aliphatic rings. The Morgan fingerprint density at radius 1 is 0.938 bits per heavy atom. The molecule has 1 N–H and O–H groups in total. The Morgan fingerprint density at radius 3 is 2.19 bits per heavy atom. The van der Waals surface area contributed by atoms with E-state index in [0.29, 0.717) is 5.69 Å². The van der Waals surface area contributed by atoms with Crippen LogP contribution in [0.25, 0.3) is 0 Å². The number of carbonyl (C=O) groups is 1. The van der Waals surface area contributed by atoms with Crippen molar-refractivity contribution in [1.29, 1.82) is 0 Å². The molecule has 6 heteroatoms. The molecule has 5 nitrogen and oxygen atoms in total. The summed E-state index contributed by atoms with van der Waals surface area (Å²) in [5, 5.41) is 2.94. The Labute approximate surface area is 191 Å². The van der Waals surface area contributed by atoms with Gasteiger partial charge in [-0.15, -0.1) is 0 Å². The summed E-state index contributed by atoms with van der Waals surface area (Å²) in [6.07, 6.45) is 0.847. The lowest BCUT2D eigenvalue weighted by molar-refractivity contribution is -0.120. The SMILES string of the molecule is CCc1ccc(N(CC(=O)NC(C)c2ccc(C)c(C)c2)S(=O)(=O)c2ccccc2)cc1. The van der Waals surface area contributed by atoms with Gasteiger partial charge in [0, 0.05) is 0 Å². The Hall–Kier alpha value is -3.12. The third-order valence-electron chi connectivity index (χ3n) is 5.66. The van der Waals surface area contributed by atoms with E-state index in [2.05, 4.69) is 5.32 Å². The van der Waals surface area contributed by atoms with E-state index < -0.39 is 10.0 Å². The number of nitrogens with zero attached hydrogens (tertiary/aromatic N) is 1. The highest BCUT2D eigenvalue weighted by Gasteiger charge is 2.27. The maximum absolute atomic E-state index is 13.4. The highest BCUT2D eigenvalue weighted by Crippen LogP contribution is 2.24. The summed E-state index contributed by atoms with van der Waals surface area (Å²) in [7, 11) is -3.91. The van der Waals surface area contributed by atoms with Crippen molar-refractivity contribution >= 4 is 21.6 Å². The monoisotopic (exact) mass is 450 g/mol. The van der Waals surface area contributed by atoms with E-state index in [1.807, 2.05) is 58.0 Å². The molecular weight excluding hydrogens is 420 g/mol. The van der Waals surface area contributed by atoms with Crippen LogP contribution in [-0.4, -0.2) is 20.9 Å². The molecule has 0 bridgehead atoms. The van der Waals surface area contributed by atoms with E-state index in [1.54, 1.807) is 42.5 Å². The highest BCUT2D eigenvalue weighted by atomic mass is 32.2. The molecule has 0 heterocycles.